The molecule has 0 spiro atoms. The van der Waals surface area contributed by atoms with Gasteiger partial charge in [-0.05, 0) is 67.6 Å². The lowest BCUT2D eigenvalue weighted by Crippen LogP contribution is -1.94. The lowest BCUT2D eigenvalue weighted by atomic mass is 9.85. The number of hydrogen-bond donors (Lipinski definition) is 0. The van der Waals surface area contributed by atoms with Crippen molar-refractivity contribution in [2.75, 3.05) is 0 Å². The van der Waals surface area contributed by atoms with Gasteiger partial charge in [0.2, 0.25) is 0 Å². The third-order valence-electron chi connectivity index (χ3n) is 7.55. The van der Waals surface area contributed by atoms with Gasteiger partial charge in [0.25, 0.3) is 0 Å². The van der Waals surface area contributed by atoms with Crippen molar-refractivity contribution in [2.24, 2.45) is 0 Å². The SMILES string of the molecule is c1ccc(-n2cc3c4c(cccc42)-c2c(c4ccccc4c4ccccc24)-c2ccccc2-3)cc1. The van der Waals surface area contributed by atoms with Crippen LogP contribution in [0.5, 0.6) is 0 Å². The maximum absolute atomic E-state index is 2.35. The van der Waals surface area contributed by atoms with E-state index in [2.05, 4.69) is 132 Å². The zero-order valence-corrected chi connectivity index (χ0v) is 19.1. The molecule has 0 N–H and O–H groups in total. The summed E-state index contributed by atoms with van der Waals surface area (Å²) in [7, 11) is 0. The second-order valence-electron chi connectivity index (χ2n) is 9.33. The summed E-state index contributed by atoms with van der Waals surface area (Å²) in [5.74, 6) is 0. The first-order valence-electron chi connectivity index (χ1n) is 12.1. The minimum absolute atomic E-state index is 1.18. The predicted molar refractivity (Wildman–Crippen MR) is 148 cm³/mol. The highest BCUT2D eigenvalue weighted by Gasteiger charge is 2.27. The predicted octanol–water partition coefficient (Wildman–Crippen LogP) is 9.25. The summed E-state index contributed by atoms with van der Waals surface area (Å²) in [5, 5.41) is 6.56. The molecular weight excluding hydrogens is 422 g/mol. The molecule has 35 heavy (non-hydrogen) atoms. The highest BCUT2D eigenvalue weighted by molar-refractivity contribution is 6.27. The van der Waals surface area contributed by atoms with Gasteiger partial charge in [0.1, 0.15) is 0 Å². The number of hydrogen-bond acceptors (Lipinski definition) is 0. The topological polar surface area (TPSA) is 4.93 Å². The lowest BCUT2D eigenvalue weighted by Gasteiger charge is -2.18. The molecule has 1 aliphatic rings. The molecule has 162 valence electrons. The van der Waals surface area contributed by atoms with E-state index < -0.39 is 0 Å². The van der Waals surface area contributed by atoms with Crippen LogP contribution in [0.1, 0.15) is 0 Å². The van der Waals surface area contributed by atoms with Crippen LogP contribution in [0.25, 0.3) is 71.5 Å². The van der Waals surface area contributed by atoms with Crippen molar-refractivity contribution in [2.45, 2.75) is 0 Å². The van der Waals surface area contributed by atoms with Crippen LogP contribution < -0.4 is 0 Å². The molecule has 1 nitrogen and oxygen atoms in total. The fourth-order valence-electron chi connectivity index (χ4n) is 6.14. The molecule has 7 aromatic rings. The van der Waals surface area contributed by atoms with E-state index >= 15 is 0 Å². The van der Waals surface area contributed by atoms with Gasteiger partial charge in [0.05, 0.1) is 5.52 Å². The Labute approximate surface area is 203 Å². The second-order valence-corrected chi connectivity index (χ2v) is 9.33. The van der Waals surface area contributed by atoms with Crippen molar-refractivity contribution in [3.05, 3.63) is 128 Å². The zero-order valence-electron chi connectivity index (χ0n) is 19.1. The molecular formula is C34H21N. The summed E-state index contributed by atoms with van der Waals surface area (Å²) < 4.78 is 2.35. The van der Waals surface area contributed by atoms with E-state index in [1.54, 1.807) is 0 Å². The van der Waals surface area contributed by atoms with Crippen LogP contribution in [-0.4, -0.2) is 4.57 Å². The van der Waals surface area contributed by atoms with Crippen molar-refractivity contribution < 1.29 is 0 Å². The van der Waals surface area contributed by atoms with Crippen molar-refractivity contribution >= 4 is 32.4 Å². The third-order valence-corrected chi connectivity index (χ3v) is 7.55. The van der Waals surface area contributed by atoms with E-state index in [0.29, 0.717) is 0 Å². The van der Waals surface area contributed by atoms with Crippen LogP contribution in [0.4, 0.5) is 0 Å². The second kappa shape index (κ2) is 6.94. The smallest absolute Gasteiger partial charge is 0.0541 e. The van der Waals surface area contributed by atoms with Crippen LogP contribution in [-0.2, 0) is 0 Å². The van der Waals surface area contributed by atoms with Gasteiger partial charge in [0, 0.05) is 22.8 Å². The Bertz CT molecular complexity index is 1940. The molecule has 0 fully saturated rings. The van der Waals surface area contributed by atoms with Gasteiger partial charge in [-0.3, -0.25) is 0 Å². The fourth-order valence-corrected chi connectivity index (χ4v) is 6.14. The number of para-hydroxylation sites is 1. The first kappa shape index (κ1) is 18.8. The molecule has 0 atom stereocenters. The molecule has 6 aromatic carbocycles. The third kappa shape index (κ3) is 2.47. The van der Waals surface area contributed by atoms with E-state index in [-0.39, 0.29) is 0 Å². The van der Waals surface area contributed by atoms with Crippen LogP contribution in [0.2, 0.25) is 0 Å². The van der Waals surface area contributed by atoms with Crippen LogP contribution >= 0.6 is 0 Å². The monoisotopic (exact) mass is 443 g/mol. The number of rotatable bonds is 1. The molecule has 1 aliphatic carbocycles. The van der Waals surface area contributed by atoms with Gasteiger partial charge in [-0.2, -0.15) is 0 Å². The van der Waals surface area contributed by atoms with Gasteiger partial charge >= 0.3 is 0 Å². The Morgan fingerprint density at radius 1 is 0.371 bits per heavy atom. The maximum Gasteiger partial charge on any atom is 0.0541 e. The first-order chi connectivity index (χ1) is 17.4. The van der Waals surface area contributed by atoms with E-state index in [1.165, 1.54) is 71.5 Å². The van der Waals surface area contributed by atoms with Crippen LogP contribution in [0.15, 0.2) is 128 Å². The van der Waals surface area contributed by atoms with E-state index in [9.17, 15) is 0 Å². The Morgan fingerprint density at radius 3 is 1.63 bits per heavy atom. The summed E-state index contributed by atoms with van der Waals surface area (Å²) in [5.41, 5.74) is 10.3. The van der Waals surface area contributed by atoms with Crippen molar-refractivity contribution in [3.63, 3.8) is 0 Å². The molecule has 0 amide bonds. The lowest BCUT2D eigenvalue weighted by molar-refractivity contribution is 1.13. The summed E-state index contributed by atoms with van der Waals surface area (Å²) in [4.78, 5) is 0. The maximum atomic E-state index is 2.35. The average molecular weight is 444 g/mol. The largest absolute Gasteiger partial charge is 0.316 e. The van der Waals surface area contributed by atoms with Gasteiger partial charge in [-0.25, -0.2) is 0 Å². The Kier molecular flexibility index (Phi) is 3.72. The molecule has 0 saturated carbocycles. The quantitative estimate of drug-likeness (QED) is 0.223. The molecule has 0 aliphatic heterocycles. The molecule has 0 saturated heterocycles. The highest BCUT2D eigenvalue weighted by atomic mass is 15.0. The number of benzene rings is 6. The van der Waals surface area contributed by atoms with Crippen LogP contribution in [0, 0.1) is 0 Å². The normalized spacial score (nSPS) is 12.0. The summed E-state index contributed by atoms with van der Waals surface area (Å²) in [6, 6.07) is 44.1. The van der Waals surface area contributed by atoms with Crippen LogP contribution in [0.3, 0.4) is 0 Å². The Morgan fingerprint density at radius 2 is 0.914 bits per heavy atom. The standard InChI is InChI=1S/C34H21N/c1-2-11-22(12-3-1)35-21-30-25-15-6-9-18-28(25)33-26-16-7-4-13-23(26)24-14-5-8-17-27(24)34(33)29-19-10-20-31(35)32(29)30/h1-21H. The first-order valence-corrected chi connectivity index (χ1v) is 12.1. The Hall–Kier alpha value is -4.62. The molecule has 1 heterocycles. The molecule has 0 unspecified atom stereocenters. The number of fused-ring (bicyclic) bond motifs is 10. The van der Waals surface area contributed by atoms with E-state index in [1.807, 2.05) is 0 Å². The minimum atomic E-state index is 1.18. The molecule has 0 bridgehead atoms. The van der Waals surface area contributed by atoms with Gasteiger partial charge in [-0.1, -0.05) is 103 Å². The molecule has 1 aromatic heterocycles. The number of nitrogens with zero attached hydrogens (tertiary/aromatic N) is 1. The highest BCUT2D eigenvalue weighted by Crippen LogP contribution is 2.53. The average Bonchev–Trinajstić information content (AvgIpc) is 3.27. The Balaban J connectivity index is 1.66. The zero-order chi connectivity index (χ0) is 22.9. The summed E-state index contributed by atoms with van der Waals surface area (Å²) >= 11 is 0. The van der Waals surface area contributed by atoms with Crippen molar-refractivity contribution in [1.29, 1.82) is 0 Å². The molecule has 1 heteroatoms. The van der Waals surface area contributed by atoms with Crippen molar-refractivity contribution in [3.8, 4) is 39.1 Å². The molecule has 8 rings (SSSR count). The van der Waals surface area contributed by atoms with E-state index in [0.717, 1.165) is 0 Å². The summed E-state index contributed by atoms with van der Waals surface area (Å²) in [6.45, 7) is 0. The van der Waals surface area contributed by atoms with Gasteiger partial charge in [0.15, 0.2) is 0 Å². The van der Waals surface area contributed by atoms with Gasteiger partial charge < -0.3 is 4.57 Å². The van der Waals surface area contributed by atoms with E-state index in [4.69, 9.17) is 0 Å². The summed E-state index contributed by atoms with van der Waals surface area (Å²) in [6.07, 6.45) is 2.33. The van der Waals surface area contributed by atoms with Gasteiger partial charge in [-0.15, -0.1) is 0 Å². The minimum Gasteiger partial charge on any atom is -0.316 e. The number of aromatic nitrogens is 1. The molecule has 0 radical (unpaired) electrons. The van der Waals surface area contributed by atoms with Crippen molar-refractivity contribution in [1.82, 2.24) is 4.57 Å². The fraction of sp³-hybridized carbons (Fsp3) is 0.